The minimum Gasteiger partial charge on any atom is -0.361 e. The van der Waals surface area contributed by atoms with Crippen molar-refractivity contribution in [3.8, 4) is 0 Å². The average molecular weight is 320 g/mol. The van der Waals surface area contributed by atoms with E-state index in [1.807, 2.05) is 30.5 Å². The molecule has 20 heavy (non-hydrogen) atoms. The molecule has 0 spiro atoms. The second-order valence-electron chi connectivity index (χ2n) is 4.74. The highest BCUT2D eigenvalue weighted by molar-refractivity contribution is 5.85. The molecule has 3 nitrogen and oxygen atoms in total. The van der Waals surface area contributed by atoms with Crippen molar-refractivity contribution in [3.63, 3.8) is 0 Å². The molecule has 1 aliphatic heterocycles. The number of nitrogens with one attached hydrogen (secondary N) is 2. The average Bonchev–Trinajstić information content (AvgIpc) is 2.90. The van der Waals surface area contributed by atoms with Crippen LogP contribution in [-0.2, 0) is 0 Å². The fourth-order valence-corrected chi connectivity index (χ4v) is 2.77. The van der Waals surface area contributed by atoms with Gasteiger partial charge in [-0.2, -0.15) is 0 Å². The van der Waals surface area contributed by atoms with Crippen molar-refractivity contribution in [3.05, 3.63) is 36.0 Å². The number of hydrogen-bond donors (Lipinski definition) is 2. The molecule has 1 aromatic heterocycles. The molecule has 0 aliphatic carbocycles. The van der Waals surface area contributed by atoms with Crippen molar-refractivity contribution in [2.75, 3.05) is 32.9 Å². The Labute approximate surface area is 130 Å². The van der Waals surface area contributed by atoms with Gasteiger partial charge < -0.3 is 10.3 Å². The standard InChI is InChI=1S/C14H18FN3.2ClH/c15-10-14(18-8-6-16-7-9-18)12-2-1-3-13-11(12)4-5-17-13;;/h1-5,14,16-17H,6-10H2;2*1H/t14-;;/m0../s1. The van der Waals surface area contributed by atoms with E-state index in [1.54, 1.807) is 0 Å². The Balaban J connectivity index is 0.000001000. The van der Waals surface area contributed by atoms with E-state index in [2.05, 4.69) is 15.2 Å². The van der Waals surface area contributed by atoms with Gasteiger partial charge in [0.2, 0.25) is 0 Å². The van der Waals surface area contributed by atoms with Crippen LogP contribution >= 0.6 is 24.8 Å². The van der Waals surface area contributed by atoms with Gasteiger partial charge in [0.25, 0.3) is 0 Å². The number of hydrogen-bond acceptors (Lipinski definition) is 2. The molecule has 1 fully saturated rings. The summed E-state index contributed by atoms with van der Waals surface area (Å²) in [7, 11) is 0. The summed E-state index contributed by atoms with van der Waals surface area (Å²) in [5.74, 6) is 0. The Morgan fingerprint density at radius 3 is 2.60 bits per heavy atom. The zero-order valence-corrected chi connectivity index (χ0v) is 12.8. The third-order valence-electron chi connectivity index (χ3n) is 3.73. The summed E-state index contributed by atoms with van der Waals surface area (Å²) in [5.41, 5.74) is 2.18. The molecule has 2 aromatic rings. The lowest BCUT2D eigenvalue weighted by Crippen LogP contribution is -2.45. The minimum atomic E-state index is -0.329. The van der Waals surface area contributed by atoms with Gasteiger partial charge in [0.15, 0.2) is 0 Å². The van der Waals surface area contributed by atoms with Gasteiger partial charge in [-0.1, -0.05) is 12.1 Å². The number of alkyl halides is 1. The maximum absolute atomic E-state index is 13.5. The molecule has 1 aromatic carbocycles. The number of rotatable bonds is 3. The molecule has 1 aliphatic rings. The van der Waals surface area contributed by atoms with Gasteiger partial charge in [0, 0.05) is 43.3 Å². The fraction of sp³-hybridized carbons (Fsp3) is 0.429. The van der Waals surface area contributed by atoms with Crippen LogP contribution in [0.3, 0.4) is 0 Å². The maximum atomic E-state index is 13.5. The summed E-state index contributed by atoms with van der Waals surface area (Å²) in [6, 6.07) is 8.00. The predicted molar refractivity (Wildman–Crippen MR) is 86.0 cm³/mol. The molecule has 3 rings (SSSR count). The van der Waals surface area contributed by atoms with Crippen molar-refractivity contribution >= 4 is 35.7 Å². The van der Waals surface area contributed by atoms with Gasteiger partial charge >= 0.3 is 0 Å². The monoisotopic (exact) mass is 319 g/mol. The Hall–Kier alpha value is -0.810. The zero-order valence-electron chi connectivity index (χ0n) is 11.1. The van der Waals surface area contributed by atoms with E-state index in [4.69, 9.17) is 0 Å². The predicted octanol–water partition coefficient (Wildman–Crippen LogP) is 2.93. The Morgan fingerprint density at radius 2 is 1.90 bits per heavy atom. The van der Waals surface area contributed by atoms with Crippen molar-refractivity contribution in [1.82, 2.24) is 15.2 Å². The lowest BCUT2D eigenvalue weighted by Gasteiger charge is -2.34. The van der Waals surface area contributed by atoms with Gasteiger partial charge in [-0.15, -0.1) is 24.8 Å². The number of nitrogens with zero attached hydrogens (tertiary/aromatic N) is 1. The van der Waals surface area contributed by atoms with Crippen molar-refractivity contribution in [2.45, 2.75) is 6.04 Å². The molecule has 0 radical (unpaired) electrons. The molecule has 0 unspecified atom stereocenters. The first kappa shape index (κ1) is 17.2. The van der Waals surface area contributed by atoms with Crippen LogP contribution in [0.4, 0.5) is 4.39 Å². The van der Waals surface area contributed by atoms with Crippen LogP contribution < -0.4 is 5.32 Å². The normalized spacial score (nSPS) is 17.2. The molecular formula is C14H20Cl2FN3. The number of halogens is 3. The number of piperazine rings is 1. The number of aromatic amines is 1. The SMILES string of the molecule is Cl.Cl.FC[C@@H](c1cccc2[nH]ccc12)N1CCNCC1. The van der Waals surface area contributed by atoms with Gasteiger partial charge in [-0.25, -0.2) is 4.39 Å². The van der Waals surface area contributed by atoms with Crippen LogP contribution in [-0.4, -0.2) is 42.7 Å². The van der Waals surface area contributed by atoms with Crippen LogP contribution in [0.25, 0.3) is 10.9 Å². The summed E-state index contributed by atoms with van der Waals surface area (Å²) in [6.45, 7) is 3.38. The maximum Gasteiger partial charge on any atom is 0.109 e. The van der Waals surface area contributed by atoms with Crippen molar-refractivity contribution in [1.29, 1.82) is 0 Å². The number of fused-ring (bicyclic) bond motifs is 1. The van der Waals surface area contributed by atoms with E-state index in [-0.39, 0.29) is 37.5 Å². The number of aromatic nitrogens is 1. The van der Waals surface area contributed by atoms with Crippen LogP contribution in [0.2, 0.25) is 0 Å². The summed E-state index contributed by atoms with van der Waals surface area (Å²) in [6.07, 6.45) is 1.92. The van der Waals surface area contributed by atoms with Gasteiger partial charge in [-0.3, -0.25) is 4.90 Å². The molecule has 1 saturated heterocycles. The molecule has 2 heterocycles. The molecule has 112 valence electrons. The second-order valence-corrected chi connectivity index (χ2v) is 4.74. The third kappa shape index (κ3) is 3.26. The van der Waals surface area contributed by atoms with E-state index in [0.29, 0.717) is 0 Å². The third-order valence-corrected chi connectivity index (χ3v) is 3.73. The van der Waals surface area contributed by atoms with Crippen LogP contribution in [0.15, 0.2) is 30.5 Å². The summed E-state index contributed by atoms with van der Waals surface area (Å²) in [5, 5.41) is 4.44. The Kier molecular flexibility index (Phi) is 6.76. The van der Waals surface area contributed by atoms with Gasteiger partial charge in [-0.05, 0) is 17.7 Å². The summed E-state index contributed by atoms with van der Waals surface area (Å²) < 4.78 is 13.5. The molecule has 1 atom stereocenters. The van der Waals surface area contributed by atoms with E-state index in [9.17, 15) is 4.39 Å². The van der Waals surface area contributed by atoms with E-state index < -0.39 is 0 Å². The van der Waals surface area contributed by atoms with E-state index >= 15 is 0 Å². The molecule has 0 amide bonds. The fourth-order valence-electron chi connectivity index (χ4n) is 2.77. The Morgan fingerprint density at radius 1 is 1.15 bits per heavy atom. The number of benzene rings is 1. The highest BCUT2D eigenvalue weighted by atomic mass is 35.5. The van der Waals surface area contributed by atoms with Crippen LogP contribution in [0.5, 0.6) is 0 Å². The lowest BCUT2D eigenvalue weighted by molar-refractivity contribution is 0.148. The van der Waals surface area contributed by atoms with Gasteiger partial charge in [0.1, 0.15) is 6.67 Å². The molecule has 2 N–H and O–H groups in total. The van der Waals surface area contributed by atoms with Crippen LogP contribution in [0.1, 0.15) is 11.6 Å². The minimum absolute atomic E-state index is 0. The molecule has 0 saturated carbocycles. The van der Waals surface area contributed by atoms with Crippen LogP contribution in [0, 0.1) is 0 Å². The first-order valence-electron chi connectivity index (χ1n) is 6.47. The lowest BCUT2D eigenvalue weighted by atomic mass is 10.0. The molecular weight excluding hydrogens is 300 g/mol. The van der Waals surface area contributed by atoms with Gasteiger partial charge in [0.05, 0.1) is 6.04 Å². The number of H-pyrrole nitrogens is 1. The first-order valence-corrected chi connectivity index (χ1v) is 6.47. The smallest absolute Gasteiger partial charge is 0.109 e. The van der Waals surface area contributed by atoms with E-state index in [0.717, 1.165) is 42.6 Å². The molecule has 0 bridgehead atoms. The van der Waals surface area contributed by atoms with E-state index in [1.165, 1.54) is 0 Å². The quantitative estimate of drug-likeness (QED) is 0.911. The highest BCUT2D eigenvalue weighted by Crippen LogP contribution is 2.28. The Bertz CT molecular complexity index is 526. The highest BCUT2D eigenvalue weighted by Gasteiger charge is 2.23. The summed E-state index contributed by atoms with van der Waals surface area (Å²) in [4.78, 5) is 5.42. The zero-order chi connectivity index (χ0) is 12.4. The second kappa shape index (κ2) is 7.84. The largest absolute Gasteiger partial charge is 0.361 e. The van der Waals surface area contributed by atoms with Crippen molar-refractivity contribution in [2.24, 2.45) is 0 Å². The molecule has 6 heteroatoms. The first-order chi connectivity index (χ1) is 8.90. The van der Waals surface area contributed by atoms with Crippen molar-refractivity contribution < 1.29 is 4.39 Å². The topological polar surface area (TPSA) is 31.1 Å². The summed E-state index contributed by atoms with van der Waals surface area (Å²) >= 11 is 0.